The summed E-state index contributed by atoms with van der Waals surface area (Å²) in [5.74, 6) is 1.54. The van der Waals surface area contributed by atoms with Gasteiger partial charge in [-0.2, -0.15) is 0 Å². The van der Waals surface area contributed by atoms with Crippen LogP contribution in [-0.4, -0.2) is 25.6 Å². The molecule has 0 rings (SSSR count). The van der Waals surface area contributed by atoms with Crippen LogP contribution in [0.5, 0.6) is 0 Å². The van der Waals surface area contributed by atoms with E-state index in [1.807, 2.05) is 0 Å². The van der Waals surface area contributed by atoms with Crippen LogP contribution in [0.1, 0.15) is 27.7 Å². The minimum Gasteiger partial charge on any atom is -0.356 e. The molecular weight excluding hydrogens is 277 g/mol. The molecule has 0 aromatic carbocycles. The monoisotopic (exact) mass is 299 g/mol. The van der Waals surface area contributed by atoms with Crippen molar-refractivity contribution in [1.29, 1.82) is 0 Å². The van der Waals surface area contributed by atoms with Gasteiger partial charge in [-0.15, -0.1) is 24.0 Å². The van der Waals surface area contributed by atoms with Crippen LogP contribution in [0.25, 0.3) is 0 Å². The van der Waals surface area contributed by atoms with Gasteiger partial charge in [0.05, 0.1) is 0 Å². The van der Waals surface area contributed by atoms with Crippen molar-refractivity contribution in [3.8, 4) is 0 Å². The molecule has 0 fully saturated rings. The van der Waals surface area contributed by atoms with E-state index in [9.17, 15) is 0 Å². The molecule has 13 heavy (non-hydrogen) atoms. The van der Waals surface area contributed by atoms with Gasteiger partial charge in [0, 0.05) is 19.6 Å². The van der Waals surface area contributed by atoms with Gasteiger partial charge in [-0.25, -0.2) is 0 Å². The topological polar surface area (TPSA) is 36.4 Å². The molecule has 0 saturated heterocycles. The van der Waals surface area contributed by atoms with E-state index in [2.05, 4.69) is 43.3 Å². The van der Waals surface area contributed by atoms with Crippen LogP contribution < -0.4 is 10.6 Å². The largest absolute Gasteiger partial charge is 0.356 e. The Morgan fingerprint density at radius 2 is 1.77 bits per heavy atom. The summed E-state index contributed by atoms with van der Waals surface area (Å²) in [6.07, 6.45) is 0. The number of nitrogens with one attached hydrogen (secondary N) is 2. The van der Waals surface area contributed by atoms with E-state index < -0.39 is 0 Å². The molecule has 0 radical (unpaired) electrons. The Morgan fingerprint density at radius 1 is 1.23 bits per heavy atom. The zero-order chi connectivity index (χ0) is 9.56. The summed E-state index contributed by atoms with van der Waals surface area (Å²) < 4.78 is 0. The zero-order valence-corrected chi connectivity index (χ0v) is 11.5. The van der Waals surface area contributed by atoms with E-state index in [4.69, 9.17) is 0 Å². The van der Waals surface area contributed by atoms with Crippen molar-refractivity contribution in [2.24, 2.45) is 10.9 Å². The zero-order valence-electron chi connectivity index (χ0n) is 9.22. The van der Waals surface area contributed by atoms with Crippen molar-refractivity contribution in [1.82, 2.24) is 10.6 Å². The summed E-state index contributed by atoms with van der Waals surface area (Å²) in [5, 5.41) is 6.46. The fraction of sp³-hybridized carbons (Fsp3) is 0.889. The molecule has 0 bridgehead atoms. The molecule has 0 saturated carbocycles. The normalized spacial score (nSPS) is 11.5. The fourth-order valence-electron chi connectivity index (χ4n) is 0.769. The number of hydrogen-bond donors (Lipinski definition) is 2. The predicted octanol–water partition coefficient (Wildman–Crippen LogP) is 1.83. The van der Waals surface area contributed by atoms with Gasteiger partial charge in [0.25, 0.3) is 0 Å². The quantitative estimate of drug-likeness (QED) is 0.474. The van der Waals surface area contributed by atoms with Crippen LogP contribution in [0, 0.1) is 5.92 Å². The van der Waals surface area contributed by atoms with Crippen LogP contribution in [0.15, 0.2) is 4.99 Å². The van der Waals surface area contributed by atoms with Gasteiger partial charge in [0.1, 0.15) is 0 Å². The maximum Gasteiger partial charge on any atom is 0.191 e. The Hall–Kier alpha value is 0. The predicted molar refractivity (Wildman–Crippen MR) is 69.9 cm³/mol. The van der Waals surface area contributed by atoms with Crippen molar-refractivity contribution in [3.63, 3.8) is 0 Å². The fourth-order valence-corrected chi connectivity index (χ4v) is 0.769. The van der Waals surface area contributed by atoms with E-state index >= 15 is 0 Å². The lowest BCUT2D eigenvalue weighted by Crippen LogP contribution is -2.42. The van der Waals surface area contributed by atoms with E-state index in [-0.39, 0.29) is 24.0 Å². The molecule has 0 aliphatic carbocycles. The van der Waals surface area contributed by atoms with Crippen LogP contribution in [0.2, 0.25) is 0 Å². The van der Waals surface area contributed by atoms with Crippen LogP contribution in [-0.2, 0) is 0 Å². The summed E-state index contributed by atoms with van der Waals surface area (Å²) in [6, 6.07) is 0.434. The SMILES string of the molecule is CN=C(NCC(C)C)NC(C)C.I. The van der Waals surface area contributed by atoms with E-state index in [0.29, 0.717) is 12.0 Å². The highest BCUT2D eigenvalue weighted by molar-refractivity contribution is 14.0. The number of aliphatic imine (C=N–C) groups is 1. The number of rotatable bonds is 3. The molecule has 0 aromatic rings. The molecule has 0 aliphatic heterocycles. The van der Waals surface area contributed by atoms with Gasteiger partial charge in [0.2, 0.25) is 0 Å². The second-order valence-corrected chi connectivity index (χ2v) is 3.65. The first kappa shape index (κ1) is 15.5. The number of hydrogen-bond acceptors (Lipinski definition) is 1. The van der Waals surface area contributed by atoms with E-state index in [1.54, 1.807) is 7.05 Å². The van der Waals surface area contributed by atoms with Crippen molar-refractivity contribution >= 4 is 29.9 Å². The molecular formula is C9H22IN3. The molecule has 4 heteroatoms. The van der Waals surface area contributed by atoms with E-state index in [1.165, 1.54) is 0 Å². The maximum absolute atomic E-state index is 4.09. The third kappa shape index (κ3) is 9.92. The smallest absolute Gasteiger partial charge is 0.191 e. The number of guanidine groups is 1. The summed E-state index contributed by atoms with van der Waals surface area (Å²) in [4.78, 5) is 4.09. The number of nitrogens with zero attached hydrogens (tertiary/aromatic N) is 1. The van der Waals surface area contributed by atoms with Crippen LogP contribution >= 0.6 is 24.0 Å². The van der Waals surface area contributed by atoms with Crippen molar-refractivity contribution in [3.05, 3.63) is 0 Å². The highest BCUT2D eigenvalue weighted by Crippen LogP contribution is 1.87. The Kier molecular flexibility index (Phi) is 10.2. The highest BCUT2D eigenvalue weighted by Gasteiger charge is 1.99. The van der Waals surface area contributed by atoms with Gasteiger partial charge >= 0.3 is 0 Å². The molecule has 3 nitrogen and oxygen atoms in total. The minimum absolute atomic E-state index is 0. The molecule has 0 aromatic heterocycles. The first-order valence-corrected chi connectivity index (χ1v) is 4.53. The average molecular weight is 299 g/mol. The molecule has 2 N–H and O–H groups in total. The second kappa shape index (κ2) is 8.59. The Morgan fingerprint density at radius 3 is 2.08 bits per heavy atom. The molecule has 0 aliphatic rings. The number of halogens is 1. The average Bonchev–Trinajstić information content (AvgIpc) is 1.97. The van der Waals surface area contributed by atoms with Gasteiger partial charge in [-0.05, 0) is 19.8 Å². The summed E-state index contributed by atoms with van der Waals surface area (Å²) in [5.41, 5.74) is 0. The summed E-state index contributed by atoms with van der Waals surface area (Å²) in [7, 11) is 1.79. The van der Waals surface area contributed by atoms with Gasteiger partial charge in [-0.3, -0.25) is 4.99 Å². The van der Waals surface area contributed by atoms with Crippen molar-refractivity contribution in [2.45, 2.75) is 33.7 Å². The van der Waals surface area contributed by atoms with Gasteiger partial charge < -0.3 is 10.6 Å². The first-order chi connectivity index (χ1) is 5.56. The lowest BCUT2D eigenvalue weighted by molar-refractivity contribution is 0.605. The third-order valence-corrected chi connectivity index (χ3v) is 1.33. The molecule has 80 valence electrons. The Labute approximate surface area is 98.8 Å². The lowest BCUT2D eigenvalue weighted by atomic mass is 10.2. The van der Waals surface area contributed by atoms with Crippen LogP contribution in [0.4, 0.5) is 0 Å². The maximum atomic E-state index is 4.09. The molecule has 0 unspecified atom stereocenters. The molecule has 0 atom stereocenters. The summed E-state index contributed by atoms with van der Waals surface area (Å²) in [6.45, 7) is 9.52. The van der Waals surface area contributed by atoms with Gasteiger partial charge in [-0.1, -0.05) is 13.8 Å². The molecule has 0 amide bonds. The van der Waals surface area contributed by atoms with E-state index in [0.717, 1.165) is 12.5 Å². The Bertz CT molecular complexity index is 144. The summed E-state index contributed by atoms with van der Waals surface area (Å²) >= 11 is 0. The standard InChI is InChI=1S/C9H21N3.HI/c1-7(2)6-11-9(10-5)12-8(3)4;/h7-8H,6H2,1-5H3,(H2,10,11,12);1H. The van der Waals surface area contributed by atoms with Crippen molar-refractivity contribution < 1.29 is 0 Å². The van der Waals surface area contributed by atoms with Crippen LogP contribution in [0.3, 0.4) is 0 Å². The third-order valence-electron chi connectivity index (χ3n) is 1.33. The van der Waals surface area contributed by atoms with Gasteiger partial charge in [0.15, 0.2) is 5.96 Å². The molecule has 0 spiro atoms. The Balaban J connectivity index is 0. The minimum atomic E-state index is 0. The second-order valence-electron chi connectivity index (χ2n) is 3.65. The lowest BCUT2D eigenvalue weighted by Gasteiger charge is -2.15. The first-order valence-electron chi connectivity index (χ1n) is 4.53. The molecule has 0 heterocycles. The van der Waals surface area contributed by atoms with Crippen molar-refractivity contribution in [2.75, 3.05) is 13.6 Å². The highest BCUT2D eigenvalue weighted by atomic mass is 127.